The van der Waals surface area contributed by atoms with Crippen LogP contribution in [0.25, 0.3) is 0 Å². The quantitative estimate of drug-likeness (QED) is 0.922. The molecule has 0 saturated carbocycles. The summed E-state index contributed by atoms with van der Waals surface area (Å²) in [6.45, 7) is 6.84. The molecule has 1 aliphatic heterocycles. The van der Waals surface area contributed by atoms with Crippen LogP contribution in [-0.4, -0.2) is 39.5 Å². The summed E-state index contributed by atoms with van der Waals surface area (Å²) in [5.74, 6) is 1.16. The number of thioether (sulfide) groups is 1. The number of anilines is 1. The lowest BCUT2D eigenvalue weighted by atomic mass is 10.2. The first-order valence-corrected chi connectivity index (χ1v) is 8.07. The van der Waals surface area contributed by atoms with E-state index < -0.39 is 0 Å². The van der Waals surface area contributed by atoms with E-state index >= 15 is 0 Å². The van der Waals surface area contributed by atoms with E-state index in [0.29, 0.717) is 10.9 Å². The molecular formula is C14H23N3OS. The molecule has 1 aromatic rings. The molecule has 1 amide bonds. The molecule has 2 rings (SSSR count). The van der Waals surface area contributed by atoms with E-state index in [1.165, 1.54) is 0 Å². The smallest absolute Gasteiger partial charge is 0.270 e. The highest BCUT2D eigenvalue weighted by Crippen LogP contribution is 2.23. The van der Waals surface area contributed by atoms with Crippen LogP contribution in [-0.2, 0) is 6.54 Å². The monoisotopic (exact) mass is 281 g/mol. The van der Waals surface area contributed by atoms with Crippen LogP contribution in [0.2, 0.25) is 0 Å². The highest BCUT2D eigenvalue weighted by Gasteiger charge is 2.25. The summed E-state index contributed by atoms with van der Waals surface area (Å²) in [7, 11) is 0. The van der Waals surface area contributed by atoms with Gasteiger partial charge in [-0.25, -0.2) is 0 Å². The first kappa shape index (κ1) is 14.3. The van der Waals surface area contributed by atoms with Gasteiger partial charge in [0, 0.05) is 36.8 Å². The summed E-state index contributed by atoms with van der Waals surface area (Å²) >= 11 is 1.97. The largest absolute Gasteiger partial charge is 0.397 e. The van der Waals surface area contributed by atoms with Crippen LogP contribution in [0.4, 0.5) is 5.69 Å². The van der Waals surface area contributed by atoms with Gasteiger partial charge in [-0.2, -0.15) is 11.8 Å². The number of rotatable bonds is 4. The van der Waals surface area contributed by atoms with E-state index in [1.54, 1.807) is 6.07 Å². The van der Waals surface area contributed by atoms with Crippen molar-refractivity contribution in [2.75, 3.05) is 24.6 Å². The highest BCUT2D eigenvalue weighted by molar-refractivity contribution is 8.00. The average molecular weight is 281 g/mol. The third-order valence-electron chi connectivity index (χ3n) is 3.48. The van der Waals surface area contributed by atoms with Crippen molar-refractivity contribution >= 4 is 23.4 Å². The number of hydrogen-bond donors (Lipinski definition) is 1. The lowest BCUT2D eigenvalue weighted by molar-refractivity contribution is 0.0750. The third kappa shape index (κ3) is 3.26. The Labute approximate surface area is 119 Å². The van der Waals surface area contributed by atoms with E-state index in [4.69, 9.17) is 5.73 Å². The molecule has 19 heavy (non-hydrogen) atoms. The van der Waals surface area contributed by atoms with E-state index in [0.717, 1.165) is 43.9 Å². The summed E-state index contributed by atoms with van der Waals surface area (Å²) in [4.78, 5) is 14.6. The third-order valence-corrected chi connectivity index (χ3v) is 4.85. The van der Waals surface area contributed by atoms with Crippen LogP contribution < -0.4 is 5.73 Å². The zero-order chi connectivity index (χ0) is 13.8. The van der Waals surface area contributed by atoms with E-state index in [1.807, 2.05) is 27.4 Å². The highest BCUT2D eigenvalue weighted by atomic mass is 32.2. The summed E-state index contributed by atoms with van der Waals surface area (Å²) < 4.78 is 1.99. The Morgan fingerprint density at radius 1 is 1.53 bits per heavy atom. The van der Waals surface area contributed by atoms with Crippen molar-refractivity contribution in [3.05, 3.63) is 18.0 Å². The fourth-order valence-corrected chi connectivity index (χ4v) is 3.63. The second-order valence-electron chi connectivity index (χ2n) is 5.00. The second kappa shape index (κ2) is 6.37. The maximum absolute atomic E-state index is 12.6. The van der Waals surface area contributed by atoms with Crippen molar-refractivity contribution in [1.82, 2.24) is 9.47 Å². The molecular weight excluding hydrogens is 258 g/mol. The zero-order valence-corrected chi connectivity index (χ0v) is 12.6. The molecule has 2 N–H and O–H groups in total. The van der Waals surface area contributed by atoms with Crippen molar-refractivity contribution in [2.45, 2.75) is 38.5 Å². The zero-order valence-electron chi connectivity index (χ0n) is 11.8. The van der Waals surface area contributed by atoms with Gasteiger partial charge in [0.1, 0.15) is 5.69 Å². The van der Waals surface area contributed by atoms with Crippen molar-refractivity contribution in [3.8, 4) is 0 Å². The van der Waals surface area contributed by atoms with Gasteiger partial charge in [0.05, 0.1) is 5.69 Å². The molecule has 1 unspecified atom stereocenters. The Bertz CT molecular complexity index is 444. The Hall–Kier alpha value is -1.10. The second-order valence-corrected chi connectivity index (χ2v) is 6.41. The summed E-state index contributed by atoms with van der Waals surface area (Å²) in [6.07, 6.45) is 3.99. The molecule has 2 heterocycles. The minimum atomic E-state index is 0.129. The Morgan fingerprint density at radius 2 is 2.32 bits per heavy atom. The molecule has 1 saturated heterocycles. The van der Waals surface area contributed by atoms with Crippen LogP contribution in [0.1, 0.15) is 37.2 Å². The number of carbonyl (C=O) groups is 1. The molecule has 4 nitrogen and oxygen atoms in total. The van der Waals surface area contributed by atoms with Gasteiger partial charge in [0.2, 0.25) is 0 Å². The number of carbonyl (C=O) groups excluding carboxylic acids is 1. The minimum absolute atomic E-state index is 0.129. The summed E-state index contributed by atoms with van der Waals surface area (Å²) in [5.41, 5.74) is 7.25. The van der Waals surface area contributed by atoms with Crippen molar-refractivity contribution in [3.63, 3.8) is 0 Å². The maximum Gasteiger partial charge on any atom is 0.270 e. The predicted octanol–water partition coefficient (Wildman–Crippen LogP) is 2.45. The summed E-state index contributed by atoms with van der Waals surface area (Å²) in [5, 5.41) is 0.574. The molecule has 0 aliphatic carbocycles. The molecule has 0 spiro atoms. The molecule has 106 valence electrons. The normalized spacial score (nSPS) is 19.7. The van der Waals surface area contributed by atoms with Gasteiger partial charge >= 0.3 is 0 Å². The van der Waals surface area contributed by atoms with Crippen LogP contribution in [0.5, 0.6) is 0 Å². The molecule has 5 heteroatoms. The summed E-state index contributed by atoms with van der Waals surface area (Å²) in [6, 6.07) is 1.81. The van der Waals surface area contributed by atoms with Gasteiger partial charge < -0.3 is 15.2 Å². The van der Waals surface area contributed by atoms with Gasteiger partial charge in [-0.15, -0.1) is 0 Å². The molecule has 0 aromatic carbocycles. The Balaban J connectivity index is 2.14. The Morgan fingerprint density at radius 3 is 3.00 bits per heavy atom. The molecule has 1 aliphatic rings. The minimum Gasteiger partial charge on any atom is -0.397 e. The first-order chi connectivity index (χ1) is 9.15. The van der Waals surface area contributed by atoms with Gasteiger partial charge in [-0.1, -0.05) is 13.8 Å². The number of aryl methyl sites for hydroxylation is 1. The van der Waals surface area contributed by atoms with Gasteiger partial charge in [0.15, 0.2) is 0 Å². The van der Waals surface area contributed by atoms with Crippen molar-refractivity contribution < 1.29 is 4.79 Å². The predicted molar refractivity (Wildman–Crippen MR) is 81.6 cm³/mol. The number of hydrogen-bond acceptors (Lipinski definition) is 3. The lowest BCUT2D eigenvalue weighted by Crippen LogP contribution is -2.42. The fourth-order valence-electron chi connectivity index (χ4n) is 2.45. The van der Waals surface area contributed by atoms with Crippen LogP contribution in [0.15, 0.2) is 12.3 Å². The number of nitrogen functional groups attached to an aromatic ring is 1. The molecule has 1 fully saturated rings. The maximum atomic E-state index is 12.6. The van der Waals surface area contributed by atoms with Crippen molar-refractivity contribution in [1.29, 1.82) is 0 Å². The molecule has 0 bridgehead atoms. The fraction of sp³-hybridized carbons (Fsp3) is 0.643. The topological polar surface area (TPSA) is 51.3 Å². The van der Waals surface area contributed by atoms with Gasteiger partial charge in [-0.3, -0.25) is 4.79 Å². The molecule has 1 aromatic heterocycles. The SMILES string of the molecule is CCCn1cc(N)cc1C(=O)N1CCSC(CC)C1. The number of amides is 1. The number of nitrogens with zero attached hydrogens (tertiary/aromatic N) is 2. The van der Waals surface area contributed by atoms with Crippen LogP contribution in [0, 0.1) is 0 Å². The van der Waals surface area contributed by atoms with E-state index in [2.05, 4.69) is 13.8 Å². The van der Waals surface area contributed by atoms with Gasteiger partial charge in [0.25, 0.3) is 5.91 Å². The Kier molecular flexibility index (Phi) is 4.80. The molecule has 0 radical (unpaired) electrons. The standard InChI is InChI=1S/C14H23N3OS/c1-3-5-16-9-11(15)8-13(16)14(18)17-6-7-19-12(4-2)10-17/h8-9,12H,3-7,10,15H2,1-2H3. The molecule has 1 atom stereocenters. The van der Waals surface area contributed by atoms with Crippen molar-refractivity contribution in [2.24, 2.45) is 0 Å². The number of nitrogens with two attached hydrogens (primary N) is 1. The first-order valence-electron chi connectivity index (χ1n) is 7.02. The van der Waals surface area contributed by atoms with Crippen LogP contribution >= 0.6 is 11.8 Å². The number of aromatic nitrogens is 1. The van der Waals surface area contributed by atoms with E-state index in [9.17, 15) is 4.79 Å². The average Bonchev–Trinajstić information content (AvgIpc) is 2.79. The van der Waals surface area contributed by atoms with Crippen LogP contribution in [0.3, 0.4) is 0 Å². The lowest BCUT2D eigenvalue weighted by Gasteiger charge is -2.32. The van der Waals surface area contributed by atoms with Gasteiger partial charge in [-0.05, 0) is 18.9 Å². The van der Waals surface area contributed by atoms with E-state index in [-0.39, 0.29) is 5.91 Å².